The molecule has 21 heteroatoms. The monoisotopic (exact) mass is 918 g/mol. The molecule has 3 aromatic carbocycles. The predicted octanol–water partition coefficient (Wildman–Crippen LogP) is 0.693. The molecule has 66 heavy (non-hydrogen) atoms. The number of aromatic hydroxyl groups is 2. The number of nitrogens with two attached hydrogens (primary N) is 3. The molecule has 0 unspecified atom stereocenters. The Balaban J connectivity index is 0.894. The lowest BCUT2D eigenvalue weighted by Gasteiger charge is -2.37. The van der Waals surface area contributed by atoms with E-state index in [9.17, 15) is 39.0 Å². The van der Waals surface area contributed by atoms with E-state index >= 15 is 0 Å². The number of nitrogens with one attached hydrogen (secondary N) is 4. The third kappa shape index (κ3) is 13.6. The van der Waals surface area contributed by atoms with Crippen LogP contribution in [0.1, 0.15) is 82.9 Å². The lowest BCUT2D eigenvalue weighted by molar-refractivity contribution is -0.129. The van der Waals surface area contributed by atoms with Gasteiger partial charge in [0.1, 0.15) is 23.0 Å². The molecule has 0 bridgehead atoms. The van der Waals surface area contributed by atoms with Gasteiger partial charge in [0.25, 0.3) is 5.91 Å². The maximum atomic E-state index is 13.7. The second kappa shape index (κ2) is 24.5. The Kier molecular flexibility index (Phi) is 18.6. The highest BCUT2D eigenvalue weighted by molar-refractivity contribution is 6.04. The molecule has 0 aromatic heterocycles. The van der Waals surface area contributed by atoms with Gasteiger partial charge in [-0.3, -0.25) is 29.0 Å². The van der Waals surface area contributed by atoms with Gasteiger partial charge in [-0.25, -0.2) is 4.79 Å². The molecule has 2 heterocycles. The number of amides is 4. The van der Waals surface area contributed by atoms with Gasteiger partial charge in [-0.2, -0.15) is 0 Å². The van der Waals surface area contributed by atoms with Gasteiger partial charge in [0, 0.05) is 73.7 Å². The first-order valence-electron chi connectivity index (χ1n) is 21.6. The number of nitrogens with zero attached hydrogens (tertiary/aromatic N) is 1. The van der Waals surface area contributed by atoms with Crippen molar-refractivity contribution in [2.24, 2.45) is 22.2 Å². The van der Waals surface area contributed by atoms with Gasteiger partial charge in [-0.05, 0) is 75.4 Å². The summed E-state index contributed by atoms with van der Waals surface area (Å²) in [5.74, 6) is -2.57. The lowest BCUT2D eigenvalue weighted by atomic mass is 9.75. The zero-order chi connectivity index (χ0) is 47.6. The number of hydrogen-bond donors (Lipinski definition) is 9. The van der Waals surface area contributed by atoms with Crippen LogP contribution >= 0.6 is 0 Å². The molecular formula is C45H58N8O13. The molecule has 0 fully saturated rings. The molecule has 0 aliphatic carbocycles. The van der Waals surface area contributed by atoms with Gasteiger partial charge in [-0.15, -0.1) is 0 Å². The first-order chi connectivity index (χ1) is 31.7. The molecule has 2 aliphatic heterocycles. The highest BCUT2D eigenvalue weighted by atomic mass is 16.6. The number of hydrogen-bond acceptors (Lipinski definition) is 15. The number of phenolic OH excluding ortho intramolecular Hbond substituents is 2. The highest BCUT2D eigenvalue weighted by Crippen LogP contribution is 2.57. The van der Waals surface area contributed by atoms with Crippen LogP contribution in [0.5, 0.6) is 23.0 Å². The Hall–Kier alpha value is -6.81. The molecule has 0 radical (unpaired) electrons. The van der Waals surface area contributed by atoms with Crippen molar-refractivity contribution < 1.29 is 62.7 Å². The van der Waals surface area contributed by atoms with Crippen molar-refractivity contribution in [3.05, 3.63) is 82.4 Å². The normalized spacial score (nSPS) is 13.8. The second-order valence-corrected chi connectivity index (χ2v) is 15.5. The first-order valence-corrected chi connectivity index (χ1v) is 21.6. The van der Waals surface area contributed by atoms with E-state index in [2.05, 4.69) is 26.3 Å². The van der Waals surface area contributed by atoms with Gasteiger partial charge in [-0.1, -0.05) is 6.07 Å². The third-order valence-corrected chi connectivity index (χ3v) is 10.5. The van der Waals surface area contributed by atoms with E-state index in [-0.39, 0.29) is 77.7 Å². The van der Waals surface area contributed by atoms with E-state index in [4.69, 9.17) is 40.9 Å². The first kappa shape index (κ1) is 50.2. The molecule has 12 N–H and O–H groups in total. The lowest BCUT2D eigenvalue weighted by Crippen LogP contribution is -2.48. The zero-order valence-electron chi connectivity index (χ0n) is 36.7. The van der Waals surface area contributed by atoms with Gasteiger partial charge in [0.15, 0.2) is 17.3 Å². The minimum Gasteiger partial charge on any atom is -0.508 e. The maximum absolute atomic E-state index is 13.7. The van der Waals surface area contributed by atoms with Crippen molar-refractivity contribution in [2.75, 3.05) is 65.8 Å². The Morgan fingerprint density at radius 2 is 1.38 bits per heavy atom. The number of guanidine groups is 1. The van der Waals surface area contributed by atoms with Crippen LogP contribution in [0.25, 0.3) is 0 Å². The van der Waals surface area contributed by atoms with Crippen LogP contribution in [-0.4, -0.2) is 129 Å². The molecule has 356 valence electrons. The Morgan fingerprint density at radius 3 is 1.98 bits per heavy atom. The number of rotatable bonds is 27. The summed E-state index contributed by atoms with van der Waals surface area (Å²) in [4.78, 5) is 79.5. The fourth-order valence-corrected chi connectivity index (χ4v) is 7.30. The number of Topliss-reactive ketones (excluding diaryl/α,β-unsaturated/α-hetero) is 1. The minimum atomic E-state index is -1.58. The smallest absolute Gasteiger partial charge is 0.340 e. The molecule has 4 amide bonds. The number of benzene rings is 3. The topological polar surface area (TPSA) is 328 Å². The number of ketones is 1. The average molecular weight is 919 g/mol. The third-order valence-electron chi connectivity index (χ3n) is 10.5. The van der Waals surface area contributed by atoms with E-state index in [0.717, 1.165) is 0 Å². The van der Waals surface area contributed by atoms with Crippen molar-refractivity contribution in [3.8, 4) is 23.0 Å². The van der Waals surface area contributed by atoms with Crippen LogP contribution in [-0.2, 0) is 43.7 Å². The van der Waals surface area contributed by atoms with Crippen molar-refractivity contribution in [2.45, 2.75) is 63.1 Å². The highest BCUT2D eigenvalue weighted by Gasteiger charge is 2.55. The zero-order valence-corrected chi connectivity index (χ0v) is 36.7. The number of phenols is 2. The summed E-state index contributed by atoms with van der Waals surface area (Å²) in [6.07, 6.45) is 1.92. The number of carbonyl (C=O) groups is 6. The summed E-state index contributed by atoms with van der Waals surface area (Å²) in [7, 11) is 0. The van der Waals surface area contributed by atoms with Gasteiger partial charge in [0.05, 0.1) is 50.6 Å². The van der Waals surface area contributed by atoms with Gasteiger partial charge >= 0.3 is 5.97 Å². The second-order valence-electron chi connectivity index (χ2n) is 15.5. The Bertz CT molecular complexity index is 2200. The molecule has 5 rings (SSSR count). The fraction of sp³-hybridized carbons (Fsp3) is 0.444. The summed E-state index contributed by atoms with van der Waals surface area (Å²) < 4.78 is 28.9. The number of carbonyl (C=O) groups excluding carboxylic acids is 6. The molecule has 21 nitrogen and oxygen atoms in total. The number of ether oxygens (including phenoxy) is 5. The molecule has 0 saturated carbocycles. The summed E-state index contributed by atoms with van der Waals surface area (Å²) in [5, 5.41) is 31.0. The summed E-state index contributed by atoms with van der Waals surface area (Å²) in [6.45, 7) is 3.98. The summed E-state index contributed by atoms with van der Waals surface area (Å²) in [5.41, 5.74) is 16.5. The van der Waals surface area contributed by atoms with Crippen LogP contribution in [0.15, 0.2) is 59.6 Å². The van der Waals surface area contributed by atoms with Crippen LogP contribution in [0.2, 0.25) is 0 Å². The van der Waals surface area contributed by atoms with Crippen molar-refractivity contribution in [1.82, 2.24) is 21.3 Å². The molecular weight excluding hydrogens is 861 g/mol. The van der Waals surface area contributed by atoms with Crippen molar-refractivity contribution in [1.29, 1.82) is 0 Å². The van der Waals surface area contributed by atoms with Crippen LogP contribution in [0.3, 0.4) is 0 Å². The minimum absolute atomic E-state index is 0.00701. The van der Waals surface area contributed by atoms with Crippen LogP contribution in [0.4, 0.5) is 0 Å². The Morgan fingerprint density at radius 1 is 0.773 bits per heavy atom. The largest absolute Gasteiger partial charge is 0.508 e. The maximum Gasteiger partial charge on any atom is 0.340 e. The number of fused-ring (bicyclic) bond motifs is 6. The Labute approximate surface area is 381 Å². The standard InChI is InChI=1S/C45H58N8O13/c1-27(54)35(8-3-15-51-44(47)48)53-39(58)26-52-42(60)34(46)13-14-38(57)49-16-4-18-62-20-22-64-23-21-63-19-5-17-50-41(59)30-6-2-7-31-40(30)45(66-43(31)61)32-11-9-28(55)24-36(32)65-37-25-29(56)10-12-33(37)45/h2,6-7,9-12,24-25,34-35,55-56H,3-5,8,13-23,26,46H2,1H3,(H,49,57)(H,50,59)(H,52,60)(H,53,58)(H4,47,48,51)/t34-,35-/m0/s1. The average Bonchev–Trinajstić information content (AvgIpc) is 3.58. The van der Waals surface area contributed by atoms with E-state index < -0.39 is 41.4 Å². The van der Waals surface area contributed by atoms with Crippen molar-refractivity contribution >= 4 is 41.3 Å². The quantitative estimate of drug-likeness (QED) is 0.0220. The molecule has 2 atom stereocenters. The van der Waals surface area contributed by atoms with Gasteiger partial charge < -0.3 is 72.4 Å². The summed E-state index contributed by atoms with van der Waals surface area (Å²) >= 11 is 0. The van der Waals surface area contributed by atoms with Crippen LogP contribution in [0, 0.1) is 0 Å². The van der Waals surface area contributed by atoms with Gasteiger partial charge in [0.2, 0.25) is 17.7 Å². The molecule has 2 aliphatic rings. The van der Waals surface area contributed by atoms with E-state index in [0.29, 0.717) is 95.1 Å². The predicted molar refractivity (Wildman–Crippen MR) is 238 cm³/mol. The van der Waals surface area contributed by atoms with E-state index in [1.54, 1.807) is 30.3 Å². The molecule has 1 spiro atoms. The molecule has 3 aromatic rings. The summed E-state index contributed by atoms with van der Waals surface area (Å²) in [6, 6.07) is 11.9. The SMILES string of the molecule is CC(=O)[C@H](CCCN=C(N)N)NC(=O)CNC(=O)[C@@H](N)CCC(=O)NCCCOCCOCCOCCCNC(=O)c1cccc2c1C1(OC2=O)c2ccc(O)cc2Oc2cc(O)ccc21. The van der Waals surface area contributed by atoms with E-state index in [1.165, 1.54) is 31.2 Å². The van der Waals surface area contributed by atoms with Crippen LogP contribution < -0.4 is 43.2 Å². The fourth-order valence-electron chi connectivity index (χ4n) is 7.30. The number of esters is 1. The number of aliphatic imine (C=N–C) groups is 1. The van der Waals surface area contributed by atoms with Crippen molar-refractivity contribution in [3.63, 3.8) is 0 Å². The molecule has 0 saturated heterocycles. The van der Waals surface area contributed by atoms with E-state index in [1.807, 2.05) is 0 Å².